The average Bonchev–Trinajstić information content (AvgIpc) is 2.90. The second kappa shape index (κ2) is 13.0. The number of rotatable bonds is 11. The average molecular weight is 489 g/mol. The summed E-state index contributed by atoms with van der Waals surface area (Å²) in [5, 5.41) is 0. The second-order valence-electron chi connectivity index (χ2n) is 8.68. The molecule has 4 atom stereocenters. The van der Waals surface area contributed by atoms with Crippen LogP contribution in [-0.4, -0.2) is 37.0 Å². The van der Waals surface area contributed by atoms with Gasteiger partial charge in [0.15, 0.2) is 12.2 Å². The van der Waals surface area contributed by atoms with Gasteiger partial charge in [-0.25, -0.2) is 0 Å². The normalized spacial score (nSPS) is 21.5. The first kappa shape index (κ1) is 25.6. The number of carbonyl (C=O) groups excluding carboxylic acids is 1. The van der Waals surface area contributed by atoms with Crippen LogP contribution in [0.4, 0.5) is 0 Å². The zero-order chi connectivity index (χ0) is 25.2. The fourth-order valence-electron chi connectivity index (χ4n) is 4.12. The highest BCUT2D eigenvalue weighted by Crippen LogP contribution is 2.31. The number of hydrogen-bond donors (Lipinski definition) is 0. The molecule has 1 unspecified atom stereocenters. The molecule has 0 bridgehead atoms. The summed E-state index contributed by atoms with van der Waals surface area (Å²) in [4.78, 5) is 11.9. The number of esters is 1. The molecule has 1 heterocycles. The lowest BCUT2D eigenvalue weighted by Crippen LogP contribution is -2.56. The Morgan fingerprint density at radius 2 is 1.22 bits per heavy atom. The minimum atomic E-state index is -0.808. The van der Waals surface area contributed by atoms with Crippen LogP contribution in [0.5, 0.6) is 0 Å². The maximum Gasteiger partial charge on any atom is 0.303 e. The number of hydrogen-bond acceptors (Lipinski definition) is 6. The third-order valence-electron chi connectivity index (χ3n) is 5.87. The molecule has 0 aliphatic carbocycles. The van der Waals surface area contributed by atoms with Gasteiger partial charge in [0, 0.05) is 6.92 Å². The second-order valence-corrected chi connectivity index (χ2v) is 8.68. The van der Waals surface area contributed by atoms with E-state index in [9.17, 15) is 4.79 Å². The van der Waals surface area contributed by atoms with Crippen LogP contribution in [0.1, 0.15) is 23.6 Å². The minimum Gasteiger partial charge on any atom is -0.486 e. The molecule has 188 valence electrons. The van der Waals surface area contributed by atoms with Gasteiger partial charge in [-0.15, -0.1) is 0 Å². The van der Waals surface area contributed by atoms with Crippen molar-refractivity contribution in [3.63, 3.8) is 0 Å². The SMILES string of the molecule is C=C1O[C@H](COCc2ccccc2)C(OCc2ccccc2)[C@H](OCc2ccccc2)[C@H]1OC(C)=O. The van der Waals surface area contributed by atoms with Gasteiger partial charge >= 0.3 is 5.97 Å². The molecule has 1 fully saturated rings. The van der Waals surface area contributed by atoms with Crippen molar-refractivity contribution >= 4 is 5.97 Å². The molecule has 0 aromatic heterocycles. The molecule has 3 aromatic carbocycles. The van der Waals surface area contributed by atoms with Gasteiger partial charge in [-0.3, -0.25) is 4.79 Å². The Balaban J connectivity index is 1.54. The van der Waals surface area contributed by atoms with E-state index in [0.717, 1.165) is 16.7 Å². The van der Waals surface area contributed by atoms with Gasteiger partial charge in [0.25, 0.3) is 0 Å². The van der Waals surface area contributed by atoms with Crippen LogP contribution in [-0.2, 0) is 48.3 Å². The van der Waals surface area contributed by atoms with Gasteiger partial charge in [-0.05, 0) is 16.7 Å². The van der Waals surface area contributed by atoms with Crippen molar-refractivity contribution in [2.45, 2.75) is 51.2 Å². The van der Waals surface area contributed by atoms with Gasteiger partial charge < -0.3 is 23.7 Å². The van der Waals surface area contributed by atoms with Crippen molar-refractivity contribution < 1.29 is 28.5 Å². The highest BCUT2D eigenvalue weighted by molar-refractivity contribution is 5.66. The van der Waals surface area contributed by atoms with Crippen LogP contribution in [0.3, 0.4) is 0 Å². The third-order valence-corrected chi connectivity index (χ3v) is 5.87. The van der Waals surface area contributed by atoms with Gasteiger partial charge in [0.05, 0.1) is 26.4 Å². The van der Waals surface area contributed by atoms with Crippen molar-refractivity contribution in [2.24, 2.45) is 0 Å². The predicted molar refractivity (Wildman–Crippen MR) is 136 cm³/mol. The Morgan fingerprint density at radius 3 is 1.72 bits per heavy atom. The first-order valence-corrected chi connectivity index (χ1v) is 12.1. The summed E-state index contributed by atoms with van der Waals surface area (Å²) >= 11 is 0. The maximum absolute atomic E-state index is 11.9. The van der Waals surface area contributed by atoms with Crippen LogP contribution in [0.15, 0.2) is 103 Å². The van der Waals surface area contributed by atoms with Crippen molar-refractivity contribution in [3.8, 4) is 0 Å². The molecule has 0 amide bonds. The molecule has 6 heteroatoms. The summed E-state index contributed by atoms with van der Waals surface area (Å²) in [5.41, 5.74) is 3.06. The molecule has 4 rings (SSSR count). The fraction of sp³-hybridized carbons (Fsp3) is 0.300. The predicted octanol–water partition coefficient (Wildman–Crippen LogP) is 5.22. The van der Waals surface area contributed by atoms with E-state index < -0.39 is 30.4 Å². The Hall–Kier alpha value is -3.45. The summed E-state index contributed by atoms with van der Waals surface area (Å²) in [6.45, 7) is 6.74. The zero-order valence-electron chi connectivity index (χ0n) is 20.5. The van der Waals surface area contributed by atoms with Gasteiger partial charge in [-0.1, -0.05) is 97.6 Å². The van der Waals surface area contributed by atoms with Crippen molar-refractivity contribution in [3.05, 3.63) is 120 Å². The van der Waals surface area contributed by atoms with Crippen molar-refractivity contribution in [2.75, 3.05) is 6.61 Å². The molecule has 3 aromatic rings. The summed E-state index contributed by atoms with van der Waals surface area (Å²) < 4.78 is 30.5. The molecule has 0 spiro atoms. The molecule has 0 radical (unpaired) electrons. The van der Waals surface area contributed by atoms with Gasteiger partial charge in [0.1, 0.15) is 18.0 Å². The molecule has 1 aliphatic rings. The lowest BCUT2D eigenvalue weighted by atomic mass is 9.97. The van der Waals surface area contributed by atoms with E-state index in [1.54, 1.807) is 0 Å². The van der Waals surface area contributed by atoms with Crippen LogP contribution in [0.2, 0.25) is 0 Å². The van der Waals surface area contributed by atoms with Crippen LogP contribution >= 0.6 is 0 Å². The molecule has 36 heavy (non-hydrogen) atoms. The van der Waals surface area contributed by atoms with E-state index in [-0.39, 0.29) is 6.61 Å². The summed E-state index contributed by atoms with van der Waals surface area (Å²) in [6, 6.07) is 29.6. The molecule has 0 saturated carbocycles. The monoisotopic (exact) mass is 488 g/mol. The van der Waals surface area contributed by atoms with Gasteiger partial charge in [0.2, 0.25) is 0 Å². The smallest absolute Gasteiger partial charge is 0.303 e. The highest BCUT2D eigenvalue weighted by atomic mass is 16.6. The lowest BCUT2D eigenvalue weighted by Gasteiger charge is -2.42. The molecule has 6 nitrogen and oxygen atoms in total. The lowest BCUT2D eigenvalue weighted by molar-refractivity contribution is -0.220. The standard InChI is InChI=1S/C30H32O6/c1-22-28(36-23(2)31)30(34-20-26-16-10-5-11-17-26)29(33-19-25-14-8-4-9-15-25)27(35-22)21-32-18-24-12-6-3-7-13-24/h3-17,27-30H,1,18-21H2,2H3/t27-,28+,29?,30-/m1/s1. The first-order chi connectivity index (χ1) is 17.6. The van der Waals surface area contributed by atoms with E-state index in [1.165, 1.54) is 6.92 Å². The van der Waals surface area contributed by atoms with Gasteiger partial charge in [-0.2, -0.15) is 0 Å². The zero-order valence-corrected chi connectivity index (χ0v) is 20.5. The Kier molecular flexibility index (Phi) is 9.27. The van der Waals surface area contributed by atoms with Crippen LogP contribution < -0.4 is 0 Å². The largest absolute Gasteiger partial charge is 0.486 e. The van der Waals surface area contributed by atoms with E-state index in [4.69, 9.17) is 23.7 Å². The molecule has 0 N–H and O–H groups in total. The molecular weight excluding hydrogens is 456 g/mol. The third kappa shape index (κ3) is 7.28. The van der Waals surface area contributed by atoms with Crippen LogP contribution in [0.25, 0.3) is 0 Å². The Bertz CT molecular complexity index is 1090. The van der Waals surface area contributed by atoms with E-state index in [0.29, 0.717) is 25.6 Å². The van der Waals surface area contributed by atoms with E-state index in [2.05, 4.69) is 6.58 Å². The van der Waals surface area contributed by atoms with Crippen LogP contribution in [0, 0.1) is 0 Å². The summed E-state index contributed by atoms with van der Waals surface area (Å²) in [6.07, 6.45) is -2.51. The summed E-state index contributed by atoms with van der Waals surface area (Å²) in [5.74, 6) is -0.130. The highest BCUT2D eigenvalue weighted by Gasteiger charge is 2.47. The summed E-state index contributed by atoms with van der Waals surface area (Å²) in [7, 11) is 0. The number of carbonyl (C=O) groups is 1. The molecule has 1 aliphatic heterocycles. The Labute approximate surface area is 212 Å². The van der Waals surface area contributed by atoms with Crippen molar-refractivity contribution in [1.82, 2.24) is 0 Å². The molecule has 1 saturated heterocycles. The quantitative estimate of drug-likeness (QED) is 0.345. The van der Waals surface area contributed by atoms with Crippen molar-refractivity contribution in [1.29, 1.82) is 0 Å². The van der Waals surface area contributed by atoms with E-state index >= 15 is 0 Å². The maximum atomic E-state index is 11.9. The molecular formula is C30H32O6. The fourth-order valence-corrected chi connectivity index (χ4v) is 4.12. The minimum absolute atomic E-state index is 0.255. The number of benzene rings is 3. The topological polar surface area (TPSA) is 63.2 Å². The van der Waals surface area contributed by atoms with E-state index in [1.807, 2.05) is 91.0 Å². The first-order valence-electron chi connectivity index (χ1n) is 12.1. The Morgan fingerprint density at radius 1 is 0.750 bits per heavy atom. The number of ether oxygens (including phenoxy) is 5.